The van der Waals surface area contributed by atoms with Crippen molar-refractivity contribution in [1.82, 2.24) is 0 Å². The first-order valence-corrected chi connectivity index (χ1v) is 6.10. The van der Waals surface area contributed by atoms with Crippen LogP contribution in [0.25, 0.3) is 0 Å². The van der Waals surface area contributed by atoms with Crippen molar-refractivity contribution in [2.24, 2.45) is 5.92 Å². The standard InChI is InChI=1S/C14H23NO2/c1-6-10(2)11(3)15-12-7-8-13(16-4)14(9-12)17-5/h7-11,15H,6H2,1-5H3. The Kier molecular flexibility index (Phi) is 5.13. The quantitative estimate of drug-likeness (QED) is 0.820. The molecule has 2 atom stereocenters. The van der Waals surface area contributed by atoms with Crippen molar-refractivity contribution in [2.75, 3.05) is 19.5 Å². The van der Waals surface area contributed by atoms with Crippen LogP contribution in [-0.4, -0.2) is 20.3 Å². The minimum atomic E-state index is 0.443. The van der Waals surface area contributed by atoms with Gasteiger partial charge >= 0.3 is 0 Å². The third-order valence-corrected chi connectivity index (χ3v) is 3.28. The van der Waals surface area contributed by atoms with Crippen molar-refractivity contribution in [1.29, 1.82) is 0 Å². The van der Waals surface area contributed by atoms with Crippen LogP contribution in [-0.2, 0) is 0 Å². The molecule has 2 unspecified atom stereocenters. The Balaban J connectivity index is 2.78. The molecule has 0 bridgehead atoms. The van der Waals surface area contributed by atoms with Gasteiger partial charge in [0, 0.05) is 17.8 Å². The first-order valence-electron chi connectivity index (χ1n) is 6.10. The molecule has 0 spiro atoms. The highest BCUT2D eigenvalue weighted by atomic mass is 16.5. The predicted molar refractivity (Wildman–Crippen MR) is 72.1 cm³/mol. The molecule has 3 nitrogen and oxygen atoms in total. The molecule has 1 N–H and O–H groups in total. The molecule has 0 aliphatic heterocycles. The van der Waals surface area contributed by atoms with Gasteiger partial charge in [-0.15, -0.1) is 0 Å². The van der Waals surface area contributed by atoms with Gasteiger partial charge in [0.25, 0.3) is 0 Å². The second-order valence-corrected chi connectivity index (χ2v) is 4.39. The molecule has 17 heavy (non-hydrogen) atoms. The maximum Gasteiger partial charge on any atom is 0.162 e. The fourth-order valence-corrected chi connectivity index (χ4v) is 1.68. The molecule has 1 aromatic carbocycles. The van der Waals surface area contributed by atoms with Gasteiger partial charge in [-0.05, 0) is 25.0 Å². The van der Waals surface area contributed by atoms with Crippen molar-refractivity contribution in [3.05, 3.63) is 18.2 Å². The summed E-state index contributed by atoms with van der Waals surface area (Å²) in [7, 11) is 3.30. The smallest absolute Gasteiger partial charge is 0.162 e. The average Bonchev–Trinajstić information content (AvgIpc) is 2.37. The molecular weight excluding hydrogens is 214 g/mol. The van der Waals surface area contributed by atoms with E-state index in [1.165, 1.54) is 6.42 Å². The largest absolute Gasteiger partial charge is 0.493 e. The zero-order valence-electron chi connectivity index (χ0n) is 11.4. The first kappa shape index (κ1) is 13.7. The summed E-state index contributed by atoms with van der Waals surface area (Å²) in [6.07, 6.45) is 1.17. The molecule has 0 saturated carbocycles. The van der Waals surface area contributed by atoms with Gasteiger partial charge < -0.3 is 14.8 Å². The number of methoxy groups -OCH3 is 2. The van der Waals surface area contributed by atoms with Crippen LogP contribution in [0, 0.1) is 5.92 Å². The Morgan fingerprint density at radius 1 is 1.12 bits per heavy atom. The van der Waals surface area contributed by atoms with Gasteiger partial charge in [0.2, 0.25) is 0 Å². The van der Waals surface area contributed by atoms with Crippen LogP contribution >= 0.6 is 0 Å². The van der Waals surface area contributed by atoms with Gasteiger partial charge in [0.15, 0.2) is 11.5 Å². The van der Waals surface area contributed by atoms with Gasteiger partial charge in [-0.3, -0.25) is 0 Å². The molecule has 3 heteroatoms. The van der Waals surface area contributed by atoms with E-state index in [0.717, 1.165) is 17.2 Å². The van der Waals surface area contributed by atoms with E-state index in [4.69, 9.17) is 9.47 Å². The summed E-state index contributed by atoms with van der Waals surface area (Å²) in [5, 5.41) is 3.48. The molecule has 96 valence electrons. The number of nitrogens with one attached hydrogen (secondary N) is 1. The van der Waals surface area contributed by atoms with Crippen molar-refractivity contribution in [3.63, 3.8) is 0 Å². The summed E-state index contributed by atoms with van der Waals surface area (Å²) in [6, 6.07) is 6.35. The molecule has 0 heterocycles. The Morgan fingerprint density at radius 3 is 2.29 bits per heavy atom. The number of anilines is 1. The molecule has 0 amide bonds. The van der Waals surface area contributed by atoms with E-state index < -0.39 is 0 Å². The lowest BCUT2D eigenvalue weighted by Crippen LogP contribution is -2.23. The maximum absolute atomic E-state index is 5.28. The zero-order valence-corrected chi connectivity index (χ0v) is 11.4. The second-order valence-electron chi connectivity index (χ2n) is 4.39. The Bertz CT molecular complexity index is 352. The fraction of sp³-hybridized carbons (Fsp3) is 0.571. The topological polar surface area (TPSA) is 30.5 Å². The minimum Gasteiger partial charge on any atom is -0.493 e. The van der Waals surface area contributed by atoms with E-state index in [9.17, 15) is 0 Å². The monoisotopic (exact) mass is 237 g/mol. The average molecular weight is 237 g/mol. The number of rotatable bonds is 6. The van der Waals surface area contributed by atoms with Gasteiger partial charge in [-0.1, -0.05) is 20.3 Å². The highest BCUT2D eigenvalue weighted by Crippen LogP contribution is 2.30. The molecule has 1 rings (SSSR count). The molecule has 0 aliphatic carbocycles. The summed E-state index contributed by atoms with van der Waals surface area (Å²) < 4.78 is 10.5. The van der Waals surface area contributed by atoms with E-state index in [1.807, 2.05) is 18.2 Å². The lowest BCUT2D eigenvalue weighted by atomic mass is 10.0. The van der Waals surface area contributed by atoms with Crippen molar-refractivity contribution in [2.45, 2.75) is 33.2 Å². The normalized spacial score (nSPS) is 13.9. The fourth-order valence-electron chi connectivity index (χ4n) is 1.68. The Labute approximate surface area is 104 Å². The molecule has 0 aromatic heterocycles. The van der Waals surface area contributed by atoms with Crippen molar-refractivity contribution < 1.29 is 9.47 Å². The summed E-state index contributed by atoms with van der Waals surface area (Å²) in [4.78, 5) is 0. The van der Waals surface area contributed by atoms with Crippen molar-refractivity contribution in [3.8, 4) is 11.5 Å². The lowest BCUT2D eigenvalue weighted by Gasteiger charge is -2.21. The minimum absolute atomic E-state index is 0.443. The van der Waals surface area contributed by atoms with Crippen LogP contribution < -0.4 is 14.8 Å². The number of ether oxygens (including phenoxy) is 2. The molecule has 0 radical (unpaired) electrons. The van der Waals surface area contributed by atoms with Crippen LogP contribution in [0.1, 0.15) is 27.2 Å². The van der Waals surface area contributed by atoms with E-state index >= 15 is 0 Å². The van der Waals surface area contributed by atoms with Crippen LogP contribution in [0.2, 0.25) is 0 Å². The summed E-state index contributed by atoms with van der Waals surface area (Å²) >= 11 is 0. The summed E-state index contributed by atoms with van der Waals surface area (Å²) in [5.41, 5.74) is 1.07. The Hall–Kier alpha value is -1.38. The van der Waals surface area contributed by atoms with E-state index in [0.29, 0.717) is 12.0 Å². The molecular formula is C14H23NO2. The maximum atomic E-state index is 5.28. The van der Waals surface area contributed by atoms with Crippen molar-refractivity contribution >= 4 is 5.69 Å². The zero-order chi connectivity index (χ0) is 12.8. The molecule has 0 saturated heterocycles. The molecule has 0 aliphatic rings. The van der Waals surface area contributed by atoms with Crippen LogP contribution in [0.4, 0.5) is 5.69 Å². The number of benzene rings is 1. The summed E-state index contributed by atoms with van der Waals surface area (Å²) in [5.74, 6) is 2.16. The van der Waals surface area contributed by atoms with Crippen LogP contribution in [0.5, 0.6) is 11.5 Å². The SMILES string of the molecule is CCC(C)C(C)Nc1ccc(OC)c(OC)c1. The Morgan fingerprint density at radius 2 is 1.76 bits per heavy atom. The highest BCUT2D eigenvalue weighted by Gasteiger charge is 2.11. The lowest BCUT2D eigenvalue weighted by molar-refractivity contribution is 0.355. The predicted octanol–water partition coefficient (Wildman–Crippen LogP) is 3.55. The third kappa shape index (κ3) is 3.55. The van der Waals surface area contributed by atoms with Gasteiger partial charge in [-0.2, -0.15) is 0 Å². The van der Waals surface area contributed by atoms with E-state index in [1.54, 1.807) is 14.2 Å². The van der Waals surface area contributed by atoms with E-state index in [-0.39, 0.29) is 0 Å². The van der Waals surface area contributed by atoms with Gasteiger partial charge in [0.1, 0.15) is 0 Å². The molecule has 0 fully saturated rings. The van der Waals surface area contributed by atoms with Crippen LogP contribution in [0.3, 0.4) is 0 Å². The van der Waals surface area contributed by atoms with E-state index in [2.05, 4.69) is 26.1 Å². The van der Waals surface area contributed by atoms with Gasteiger partial charge in [0.05, 0.1) is 14.2 Å². The third-order valence-electron chi connectivity index (χ3n) is 3.28. The number of hydrogen-bond acceptors (Lipinski definition) is 3. The second kappa shape index (κ2) is 6.38. The first-order chi connectivity index (χ1) is 8.12. The highest BCUT2D eigenvalue weighted by molar-refractivity contribution is 5.55. The van der Waals surface area contributed by atoms with Crippen LogP contribution in [0.15, 0.2) is 18.2 Å². The summed E-state index contributed by atoms with van der Waals surface area (Å²) in [6.45, 7) is 6.65. The number of hydrogen-bond donors (Lipinski definition) is 1. The van der Waals surface area contributed by atoms with Gasteiger partial charge in [-0.25, -0.2) is 0 Å². The molecule has 1 aromatic rings.